The van der Waals surface area contributed by atoms with E-state index in [0.29, 0.717) is 28.7 Å². The number of hydrogen-bond acceptors (Lipinski definition) is 7. The van der Waals surface area contributed by atoms with Crippen molar-refractivity contribution in [2.45, 2.75) is 13.0 Å². The molecule has 8 nitrogen and oxygen atoms in total. The van der Waals surface area contributed by atoms with Crippen LogP contribution in [-0.4, -0.2) is 46.4 Å². The molecule has 1 unspecified atom stereocenters. The molecule has 2 rings (SSSR count). The molecule has 0 saturated carbocycles. The fourth-order valence-corrected chi connectivity index (χ4v) is 2.33. The van der Waals surface area contributed by atoms with Gasteiger partial charge in [-0.25, -0.2) is 4.79 Å². The Balaban J connectivity index is 2.09. The molecule has 8 heteroatoms. The van der Waals surface area contributed by atoms with Crippen LogP contribution in [0.3, 0.4) is 0 Å². The van der Waals surface area contributed by atoms with E-state index in [1.165, 1.54) is 47.5 Å². The summed E-state index contributed by atoms with van der Waals surface area (Å²) in [5, 5.41) is 2.67. The van der Waals surface area contributed by atoms with Crippen LogP contribution in [0.2, 0.25) is 0 Å². The Kier molecular flexibility index (Phi) is 7.08. The predicted octanol–water partition coefficient (Wildman–Crippen LogP) is 2.91. The van der Waals surface area contributed by atoms with Crippen LogP contribution in [0, 0.1) is 0 Å². The molecule has 1 amide bonds. The minimum atomic E-state index is -1.04. The summed E-state index contributed by atoms with van der Waals surface area (Å²) in [7, 11) is 5.96. The lowest BCUT2D eigenvalue weighted by Gasteiger charge is -2.15. The fraction of sp³-hybridized carbons (Fsp3) is 0.300. The molecule has 28 heavy (non-hydrogen) atoms. The summed E-state index contributed by atoms with van der Waals surface area (Å²) in [5.74, 6) is 0.728. The molecule has 0 fully saturated rings. The lowest BCUT2D eigenvalue weighted by molar-refractivity contribution is -0.123. The van der Waals surface area contributed by atoms with Crippen LogP contribution >= 0.6 is 0 Å². The average molecular weight is 389 g/mol. The van der Waals surface area contributed by atoms with Crippen LogP contribution in [0.25, 0.3) is 0 Å². The van der Waals surface area contributed by atoms with Crippen molar-refractivity contribution in [2.75, 3.05) is 33.8 Å². The molecular formula is C20H23NO7. The van der Waals surface area contributed by atoms with E-state index < -0.39 is 18.0 Å². The Hall–Kier alpha value is -3.42. The maximum absolute atomic E-state index is 12.4. The van der Waals surface area contributed by atoms with E-state index in [9.17, 15) is 9.59 Å². The SMILES string of the molecule is COc1cc(NC(=O)C(C)OC(=O)c2cc(OC)cc(OC)c2)cc(OC)c1. The maximum atomic E-state index is 12.4. The summed E-state index contributed by atoms with van der Waals surface area (Å²) < 4.78 is 25.9. The number of carbonyl (C=O) groups excluding carboxylic acids is 2. The van der Waals surface area contributed by atoms with Gasteiger partial charge < -0.3 is 29.0 Å². The summed E-state index contributed by atoms with van der Waals surface area (Å²) in [4.78, 5) is 24.8. The first-order valence-electron chi connectivity index (χ1n) is 8.38. The number of anilines is 1. The van der Waals surface area contributed by atoms with Crippen molar-refractivity contribution in [2.24, 2.45) is 0 Å². The van der Waals surface area contributed by atoms with Gasteiger partial charge in [-0.15, -0.1) is 0 Å². The largest absolute Gasteiger partial charge is 0.497 e. The second-order valence-electron chi connectivity index (χ2n) is 5.74. The van der Waals surface area contributed by atoms with Crippen molar-refractivity contribution >= 4 is 17.6 Å². The molecule has 0 aliphatic rings. The van der Waals surface area contributed by atoms with Crippen molar-refractivity contribution < 1.29 is 33.3 Å². The highest BCUT2D eigenvalue weighted by molar-refractivity contribution is 5.97. The van der Waals surface area contributed by atoms with Crippen LogP contribution in [0.5, 0.6) is 23.0 Å². The molecule has 2 aromatic rings. The first kappa shape index (κ1) is 20.9. The Morgan fingerprint density at radius 1 is 0.750 bits per heavy atom. The zero-order valence-electron chi connectivity index (χ0n) is 16.4. The molecule has 2 aromatic carbocycles. The number of hydrogen-bond donors (Lipinski definition) is 1. The van der Waals surface area contributed by atoms with Crippen LogP contribution < -0.4 is 24.3 Å². The second kappa shape index (κ2) is 9.50. The third kappa shape index (κ3) is 5.29. The number of amides is 1. The molecule has 0 heterocycles. The van der Waals surface area contributed by atoms with E-state index in [2.05, 4.69) is 5.32 Å². The highest BCUT2D eigenvalue weighted by Crippen LogP contribution is 2.26. The number of esters is 1. The van der Waals surface area contributed by atoms with Crippen LogP contribution in [0.15, 0.2) is 36.4 Å². The van der Waals surface area contributed by atoms with Gasteiger partial charge in [-0.2, -0.15) is 0 Å². The topological polar surface area (TPSA) is 92.3 Å². The van der Waals surface area contributed by atoms with E-state index in [1.54, 1.807) is 24.3 Å². The Bertz CT molecular complexity index is 806. The number of benzene rings is 2. The number of methoxy groups -OCH3 is 4. The lowest BCUT2D eigenvalue weighted by Crippen LogP contribution is -2.30. The number of rotatable bonds is 8. The van der Waals surface area contributed by atoms with Gasteiger partial charge in [-0.1, -0.05) is 0 Å². The summed E-state index contributed by atoms with van der Waals surface area (Å²) in [6, 6.07) is 9.56. The molecule has 1 atom stereocenters. The van der Waals surface area contributed by atoms with Gasteiger partial charge in [0.15, 0.2) is 6.10 Å². The zero-order chi connectivity index (χ0) is 20.7. The van der Waals surface area contributed by atoms with Crippen molar-refractivity contribution in [1.29, 1.82) is 0 Å². The number of ether oxygens (including phenoxy) is 5. The third-order valence-electron chi connectivity index (χ3n) is 3.86. The summed E-state index contributed by atoms with van der Waals surface area (Å²) in [5.41, 5.74) is 0.658. The van der Waals surface area contributed by atoms with Crippen molar-refractivity contribution in [3.8, 4) is 23.0 Å². The number of nitrogens with one attached hydrogen (secondary N) is 1. The van der Waals surface area contributed by atoms with Gasteiger partial charge in [0.25, 0.3) is 5.91 Å². The Labute approximate surface area is 163 Å². The van der Waals surface area contributed by atoms with Crippen LogP contribution in [0.1, 0.15) is 17.3 Å². The standard InChI is InChI=1S/C20H23NO7/c1-12(19(22)21-14-8-17(26-4)11-18(9-14)27-5)28-20(23)13-6-15(24-2)10-16(7-13)25-3/h6-12H,1-5H3,(H,21,22). The zero-order valence-corrected chi connectivity index (χ0v) is 16.4. The molecule has 0 radical (unpaired) electrons. The van der Waals surface area contributed by atoms with Gasteiger partial charge in [-0.05, 0) is 19.1 Å². The van der Waals surface area contributed by atoms with E-state index >= 15 is 0 Å². The predicted molar refractivity (Wildman–Crippen MR) is 103 cm³/mol. The summed E-state index contributed by atoms with van der Waals surface area (Å²) in [6.07, 6.45) is -1.04. The summed E-state index contributed by atoms with van der Waals surface area (Å²) in [6.45, 7) is 1.47. The highest BCUT2D eigenvalue weighted by Gasteiger charge is 2.20. The van der Waals surface area contributed by atoms with Crippen molar-refractivity contribution in [3.05, 3.63) is 42.0 Å². The van der Waals surface area contributed by atoms with Gasteiger partial charge in [0.2, 0.25) is 0 Å². The van der Waals surface area contributed by atoms with E-state index in [0.717, 1.165) is 0 Å². The first-order chi connectivity index (χ1) is 13.4. The van der Waals surface area contributed by atoms with E-state index in [-0.39, 0.29) is 5.56 Å². The molecule has 0 aliphatic carbocycles. The lowest BCUT2D eigenvalue weighted by atomic mass is 10.2. The monoisotopic (exact) mass is 389 g/mol. The average Bonchev–Trinajstić information content (AvgIpc) is 2.72. The van der Waals surface area contributed by atoms with Gasteiger partial charge in [0.1, 0.15) is 23.0 Å². The second-order valence-corrected chi connectivity index (χ2v) is 5.74. The van der Waals surface area contributed by atoms with Crippen LogP contribution in [0.4, 0.5) is 5.69 Å². The molecule has 150 valence electrons. The van der Waals surface area contributed by atoms with Crippen molar-refractivity contribution in [1.82, 2.24) is 0 Å². The van der Waals surface area contributed by atoms with Gasteiger partial charge >= 0.3 is 5.97 Å². The van der Waals surface area contributed by atoms with E-state index in [1.807, 2.05) is 0 Å². The van der Waals surface area contributed by atoms with Crippen molar-refractivity contribution in [3.63, 3.8) is 0 Å². The molecule has 0 bridgehead atoms. The molecule has 0 saturated heterocycles. The summed E-state index contributed by atoms with van der Waals surface area (Å²) >= 11 is 0. The molecular weight excluding hydrogens is 366 g/mol. The molecule has 0 spiro atoms. The van der Waals surface area contributed by atoms with E-state index in [4.69, 9.17) is 23.7 Å². The minimum absolute atomic E-state index is 0.207. The normalized spacial score (nSPS) is 11.2. The van der Waals surface area contributed by atoms with Gasteiger partial charge in [-0.3, -0.25) is 4.79 Å². The maximum Gasteiger partial charge on any atom is 0.339 e. The smallest absolute Gasteiger partial charge is 0.339 e. The van der Waals surface area contributed by atoms with Crippen LogP contribution in [-0.2, 0) is 9.53 Å². The fourth-order valence-electron chi connectivity index (χ4n) is 2.33. The number of carbonyl (C=O) groups is 2. The quantitative estimate of drug-likeness (QED) is 0.694. The Morgan fingerprint density at radius 3 is 1.61 bits per heavy atom. The highest BCUT2D eigenvalue weighted by atomic mass is 16.5. The molecule has 0 aliphatic heterocycles. The van der Waals surface area contributed by atoms with Gasteiger partial charge in [0.05, 0.1) is 34.0 Å². The third-order valence-corrected chi connectivity index (χ3v) is 3.86. The molecule has 1 N–H and O–H groups in total. The molecule has 0 aromatic heterocycles. The van der Waals surface area contributed by atoms with Gasteiger partial charge in [0, 0.05) is 30.0 Å². The Morgan fingerprint density at radius 2 is 1.18 bits per heavy atom. The first-order valence-corrected chi connectivity index (χ1v) is 8.38. The minimum Gasteiger partial charge on any atom is -0.497 e.